The van der Waals surface area contributed by atoms with Gasteiger partial charge in [-0.25, -0.2) is 0 Å². The molecule has 7 nitrogen and oxygen atoms in total. The first-order valence-corrected chi connectivity index (χ1v) is 11.9. The van der Waals surface area contributed by atoms with Gasteiger partial charge in [0.1, 0.15) is 0 Å². The molecule has 0 aliphatic carbocycles. The van der Waals surface area contributed by atoms with Gasteiger partial charge in [-0.15, -0.1) is 0 Å². The van der Waals surface area contributed by atoms with Crippen LogP contribution in [0.25, 0.3) is 0 Å². The first-order valence-electron chi connectivity index (χ1n) is 10.5. The molecule has 0 bridgehead atoms. The van der Waals surface area contributed by atoms with E-state index in [9.17, 15) is 0 Å². The largest absolute Gasteiger partial charge is 0.394 e. The number of nitrogens with zero attached hydrogens (tertiary/aromatic N) is 1. The van der Waals surface area contributed by atoms with Crippen LogP contribution >= 0.6 is 0 Å². The highest BCUT2D eigenvalue weighted by Gasteiger charge is 1.94. The minimum absolute atomic E-state index is 0.223. The van der Waals surface area contributed by atoms with Gasteiger partial charge in [0.15, 0.2) is 5.96 Å². The molecule has 0 spiro atoms. The van der Waals surface area contributed by atoms with Gasteiger partial charge in [-0.05, 0) is 6.42 Å². The highest BCUT2D eigenvalue weighted by Crippen LogP contribution is 2.13. The molecular weight excluding hydrogens is 366 g/mol. The van der Waals surface area contributed by atoms with Gasteiger partial charge in [-0.1, -0.05) is 103 Å². The number of unbranched alkanes of at least 4 members (excludes halogenated alkanes) is 15. The Labute approximate surface area is 167 Å². The molecule has 0 atom stereocenters. The van der Waals surface area contributed by atoms with E-state index in [2.05, 4.69) is 11.9 Å². The molecule has 0 heterocycles. The van der Waals surface area contributed by atoms with Crippen molar-refractivity contribution < 1.29 is 17.5 Å². The summed E-state index contributed by atoms with van der Waals surface area (Å²) >= 11 is 0. The molecule has 0 aromatic rings. The van der Waals surface area contributed by atoms with Gasteiger partial charge in [-0.3, -0.25) is 14.1 Å². The lowest BCUT2D eigenvalue weighted by Gasteiger charge is -2.03. The smallest absolute Gasteiger partial charge is 0.370 e. The predicted octanol–water partition coefficient (Wildman–Crippen LogP) is 4.87. The lowest BCUT2D eigenvalue weighted by molar-refractivity contribution is 0.381. The van der Waals surface area contributed by atoms with Gasteiger partial charge in [0.2, 0.25) is 0 Å². The van der Waals surface area contributed by atoms with Crippen molar-refractivity contribution in [3.8, 4) is 0 Å². The average molecular weight is 410 g/mol. The normalized spacial score (nSPS) is 10.9. The molecule has 27 heavy (non-hydrogen) atoms. The molecule has 0 fully saturated rings. The van der Waals surface area contributed by atoms with Crippen molar-refractivity contribution in [3.63, 3.8) is 0 Å². The maximum atomic E-state index is 8.74. The highest BCUT2D eigenvalue weighted by atomic mass is 32.3. The first kappa shape index (κ1) is 28.4. The van der Waals surface area contributed by atoms with Crippen molar-refractivity contribution >= 4 is 16.4 Å². The summed E-state index contributed by atoms with van der Waals surface area (Å²) in [6, 6.07) is 0. The molecule has 6 N–H and O–H groups in total. The second kappa shape index (κ2) is 21.4. The van der Waals surface area contributed by atoms with Crippen LogP contribution < -0.4 is 11.5 Å². The van der Waals surface area contributed by atoms with Crippen LogP contribution in [0.5, 0.6) is 0 Å². The van der Waals surface area contributed by atoms with Gasteiger partial charge < -0.3 is 11.5 Å². The molecule has 8 heteroatoms. The summed E-state index contributed by atoms with van der Waals surface area (Å²) in [4.78, 5) is 4.00. The Kier molecular flexibility index (Phi) is 22.5. The Morgan fingerprint density at radius 2 is 0.926 bits per heavy atom. The quantitative estimate of drug-likeness (QED) is 0.117. The molecule has 0 aliphatic rings. The lowest BCUT2D eigenvalue weighted by atomic mass is 10.0. The van der Waals surface area contributed by atoms with Gasteiger partial charge in [0.25, 0.3) is 0 Å². The van der Waals surface area contributed by atoms with Crippen molar-refractivity contribution in [3.05, 3.63) is 0 Å². The Morgan fingerprint density at radius 1 is 0.667 bits per heavy atom. The van der Waals surface area contributed by atoms with E-state index < -0.39 is 10.4 Å². The minimum atomic E-state index is -4.67. The zero-order valence-corrected chi connectivity index (χ0v) is 18.1. The Hall–Kier alpha value is -0.860. The van der Waals surface area contributed by atoms with E-state index in [1.165, 1.54) is 96.3 Å². The van der Waals surface area contributed by atoms with Gasteiger partial charge in [0.05, 0.1) is 0 Å². The van der Waals surface area contributed by atoms with Crippen LogP contribution in [0.15, 0.2) is 4.99 Å². The summed E-state index contributed by atoms with van der Waals surface area (Å²) in [7, 11) is -4.67. The summed E-state index contributed by atoms with van der Waals surface area (Å²) < 4.78 is 31.6. The summed E-state index contributed by atoms with van der Waals surface area (Å²) in [6.45, 7) is 3.08. The molecule has 0 amide bonds. The lowest BCUT2D eigenvalue weighted by Crippen LogP contribution is -2.22. The molecule has 0 radical (unpaired) electrons. The van der Waals surface area contributed by atoms with E-state index in [1.807, 2.05) is 0 Å². The fourth-order valence-electron chi connectivity index (χ4n) is 2.87. The number of hydrogen-bond donors (Lipinski definition) is 4. The number of hydrogen-bond acceptors (Lipinski definition) is 3. The van der Waals surface area contributed by atoms with Gasteiger partial charge >= 0.3 is 10.4 Å². The first-order chi connectivity index (χ1) is 12.8. The molecule has 0 unspecified atom stereocenters. The molecule has 0 rings (SSSR count). The van der Waals surface area contributed by atoms with Crippen molar-refractivity contribution in [2.75, 3.05) is 6.54 Å². The van der Waals surface area contributed by atoms with E-state index in [4.69, 9.17) is 29.0 Å². The fourth-order valence-corrected chi connectivity index (χ4v) is 2.87. The van der Waals surface area contributed by atoms with Crippen molar-refractivity contribution in [2.45, 2.75) is 110 Å². The Bertz CT molecular complexity index is 417. The van der Waals surface area contributed by atoms with Crippen LogP contribution in [0, 0.1) is 0 Å². The third kappa shape index (κ3) is 40.9. The van der Waals surface area contributed by atoms with E-state index in [0.29, 0.717) is 0 Å². The van der Waals surface area contributed by atoms with E-state index in [-0.39, 0.29) is 5.96 Å². The standard InChI is InChI=1S/C19H41N3.H2O4S/c1-2-3-4-5-6-7-8-9-10-11-12-13-14-15-16-17-18-22-19(20)21;1-5(2,3)4/h2-18H2,1H3,(H4,20,21,22);(H2,1,2,3,4). The van der Waals surface area contributed by atoms with Gasteiger partial charge in [-0.2, -0.15) is 8.42 Å². The van der Waals surface area contributed by atoms with Crippen LogP contribution in [-0.2, 0) is 10.4 Å². The fraction of sp³-hybridized carbons (Fsp3) is 0.947. The SMILES string of the molecule is CCCCCCCCCCCCCCCCCCN=C(N)N.O=S(=O)(O)O. The third-order valence-corrected chi connectivity index (χ3v) is 4.31. The van der Waals surface area contributed by atoms with Crippen LogP contribution in [0.4, 0.5) is 0 Å². The average Bonchev–Trinajstić information content (AvgIpc) is 2.56. The summed E-state index contributed by atoms with van der Waals surface area (Å²) in [6.07, 6.45) is 22.3. The maximum Gasteiger partial charge on any atom is 0.394 e. The van der Waals surface area contributed by atoms with Crippen molar-refractivity contribution in [1.82, 2.24) is 0 Å². The second-order valence-electron chi connectivity index (χ2n) is 7.06. The second-order valence-corrected chi connectivity index (χ2v) is 7.95. The van der Waals surface area contributed by atoms with Crippen molar-refractivity contribution in [2.24, 2.45) is 16.5 Å². The Balaban J connectivity index is 0. The molecule has 0 saturated heterocycles. The Morgan fingerprint density at radius 3 is 1.19 bits per heavy atom. The zero-order valence-electron chi connectivity index (χ0n) is 17.2. The van der Waals surface area contributed by atoms with E-state index >= 15 is 0 Å². The molecule has 0 aromatic carbocycles. The van der Waals surface area contributed by atoms with Crippen LogP contribution in [0.2, 0.25) is 0 Å². The monoisotopic (exact) mass is 409 g/mol. The molecular formula is C19H43N3O4S. The van der Waals surface area contributed by atoms with E-state index in [0.717, 1.165) is 13.0 Å². The summed E-state index contributed by atoms with van der Waals surface area (Å²) in [5.74, 6) is 0.223. The summed E-state index contributed by atoms with van der Waals surface area (Å²) in [5.41, 5.74) is 10.6. The van der Waals surface area contributed by atoms with Crippen LogP contribution in [-0.4, -0.2) is 30.0 Å². The third-order valence-electron chi connectivity index (χ3n) is 4.31. The zero-order chi connectivity index (χ0) is 20.8. The van der Waals surface area contributed by atoms with Crippen molar-refractivity contribution in [1.29, 1.82) is 0 Å². The maximum absolute atomic E-state index is 8.74. The predicted molar refractivity (Wildman–Crippen MR) is 114 cm³/mol. The number of nitrogens with two attached hydrogens (primary N) is 2. The molecule has 0 aromatic heterocycles. The highest BCUT2D eigenvalue weighted by molar-refractivity contribution is 7.79. The number of guanidine groups is 1. The van der Waals surface area contributed by atoms with Gasteiger partial charge in [0, 0.05) is 6.54 Å². The summed E-state index contributed by atoms with van der Waals surface area (Å²) in [5, 5.41) is 0. The van der Waals surface area contributed by atoms with E-state index in [1.54, 1.807) is 0 Å². The topological polar surface area (TPSA) is 139 Å². The molecule has 164 valence electrons. The van der Waals surface area contributed by atoms with Crippen LogP contribution in [0.1, 0.15) is 110 Å². The van der Waals surface area contributed by atoms with Crippen LogP contribution in [0.3, 0.4) is 0 Å². The molecule has 0 saturated carbocycles. The number of aliphatic imine (C=N–C) groups is 1. The number of rotatable bonds is 17. The molecule has 0 aliphatic heterocycles. The minimum Gasteiger partial charge on any atom is -0.370 e.